The quantitative estimate of drug-likeness (QED) is 0.560. The Morgan fingerprint density at radius 1 is 0.893 bits per heavy atom. The maximum absolute atomic E-state index is 13.0. The average molecular weight is 394 g/mol. The fraction of sp³-hybridized carbons (Fsp3) is 0.714. The lowest BCUT2D eigenvalue weighted by Gasteiger charge is -2.44. The molecule has 3 atom stereocenters. The smallest absolute Gasteiger partial charge is 0.163 e. The van der Waals surface area contributed by atoms with Crippen LogP contribution in [0.15, 0.2) is 22.7 Å². The van der Waals surface area contributed by atoms with Gasteiger partial charge >= 0.3 is 0 Å². The van der Waals surface area contributed by atoms with Crippen LogP contribution in [0.5, 0.6) is 0 Å². The predicted molar refractivity (Wildman–Crippen MR) is 99.8 cm³/mol. The van der Waals surface area contributed by atoms with Crippen LogP contribution >= 0.6 is 0 Å². The van der Waals surface area contributed by atoms with Crippen molar-refractivity contribution in [2.24, 2.45) is 16.7 Å². The molecule has 0 spiro atoms. The molecule has 1 heterocycles. The van der Waals surface area contributed by atoms with E-state index in [0.29, 0.717) is 24.4 Å². The summed E-state index contributed by atoms with van der Waals surface area (Å²) >= 11 is 0. The molecule has 0 radical (unpaired) electrons. The molecule has 4 N–H and O–H groups in total. The van der Waals surface area contributed by atoms with Crippen LogP contribution in [0.2, 0.25) is 0 Å². The number of carbonyl (C=O) groups excluding carboxylic acids is 2. The SMILES string of the molecule is CC1(C)CC(=O)C2=C(C1)OC1=C(C(=O)CC(C)(C)C1)C2[C@@H](O)[C@H](O)[C@H](O)CO. The van der Waals surface area contributed by atoms with Crippen molar-refractivity contribution < 1.29 is 34.8 Å². The molecule has 7 nitrogen and oxygen atoms in total. The van der Waals surface area contributed by atoms with Gasteiger partial charge in [-0.2, -0.15) is 0 Å². The molecule has 28 heavy (non-hydrogen) atoms. The summed E-state index contributed by atoms with van der Waals surface area (Å²) in [4.78, 5) is 25.9. The minimum absolute atomic E-state index is 0.211. The highest BCUT2D eigenvalue weighted by Crippen LogP contribution is 2.51. The number of ether oxygens (including phenoxy) is 1. The van der Waals surface area contributed by atoms with Crippen molar-refractivity contribution in [3.8, 4) is 0 Å². The van der Waals surface area contributed by atoms with Gasteiger partial charge in [0, 0.05) is 36.8 Å². The van der Waals surface area contributed by atoms with Crippen molar-refractivity contribution >= 4 is 11.6 Å². The second-order valence-corrected chi connectivity index (χ2v) is 9.87. The molecular formula is C21H30O7. The Morgan fingerprint density at radius 3 is 1.71 bits per heavy atom. The molecule has 7 heteroatoms. The van der Waals surface area contributed by atoms with Gasteiger partial charge in [-0.05, 0) is 10.8 Å². The average Bonchev–Trinajstić information content (AvgIpc) is 2.55. The summed E-state index contributed by atoms with van der Waals surface area (Å²) in [5, 5.41) is 40.2. The monoisotopic (exact) mass is 394 g/mol. The second-order valence-electron chi connectivity index (χ2n) is 9.87. The van der Waals surface area contributed by atoms with Crippen LogP contribution < -0.4 is 0 Å². The third-order valence-corrected chi connectivity index (χ3v) is 5.90. The summed E-state index contributed by atoms with van der Waals surface area (Å²) in [6.07, 6.45) is -3.49. The zero-order valence-corrected chi connectivity index (χ0v) is 16.9. The molecule has 0 aromatic carbocycles. The zero-order valence-electron chi connectivity index (χ0n) is 16.9. The van der Waals surface area contributed by atoms with Gasteiger partial charge in [0.15, 0.2) is 11.6 Å². The van der Waals surface area contributed by atoms with E-state index in [2.05, 4.69) is 0 Å². The minimum Gasteiger partial charge on any atom is -0.465 e. The summed E-state index contributed by atoms with van der Waals surface area (Å²) < 4.78 is 6.07. The zero-order chi connectivity index (χ0) is 21.0. The number of rotatable bonds is 4. The molecule has 0 bridgehead atoms. The number of hydrogen-bond donors (Lipinski definition) is 4. The molecule has 0 aromatic rings. The highest BCUT2D eigenvalue weighted by molar-refractivity contribution is 6.04. The molecular weight excluding hydrogens is 364 g/mol. The van der Waals surface area contributed by atoms with Gasteiger partial charge in [0.2, 0.25) is 0 Å². The number of carbonyl (C=O) groups is 2. The van der Waals surface area contributed by atoms with Gasteiger partial charge in [-0.15, -0.1) is 0 Å². The first kappa shape index (κ1) is 21.2. The minimum atomic E-state index is -1.71. The van der Waals surface area contributed by atoms with E-state index in [-0.39, 0.29) is 46.4 Å². The van der Waals surface area contributed by atoms with Gasteiger partial charge < -0.3 is 25.2 Å². The van der Waals surface area contributed by atoms with Crippen LogP contribution in [0.3, 0.4) is 0 Å². The summed E-state index contributed by atoms with van der Waals surface area (Å²) in [6.45, 7) is 7.06. The topological polar surface area (TPSA) is 124 Å². The molecule has 3 aliphatic rings. The Balaban J connectivity index is 2.12. The Hall–Kier alpha value is -1.54. The van der Waals surface area contributed by atoms with Crippen molar-refractivity contribution in [3.63, 3.8) is 0 Å². The van der Waals surface area contributed by atoms with Gasteiger partial charge in [0.1, 0.15) is 23.7 Å². The van der Waals surface area contributed by atoms with Crippen LogP contribution in [0.4, 0.5) is 0 Å². The van der Waals surface area contributed by atoms with E-state index < -0.39 is 30.8 Å². The molecule has 3 rings (SSSR count). The number of aliphatic hydroxyl groups is 4. The van der Waals surface area contributed by atoms with Crippen LogP contribution in [0.25, 0.3) is 0 Å². The maximum atomic E-state index is 13.0. The van der Waals surface area contributed by atoms with Crippen molar-refractivity contribution in [1.82, 2.24) is 0 Å². The molecule has 0 aromatic heterocycles. The summed E-state index contributed by atoms with van der Waals surface area (Å²) in [5.41, 5.74) is -0.215. The lowest BCUT2D eigenvalue weighted by Crippen LogP contribution is -2.49. The number of ketones is 2. The fourth-order valence-corrected chi connectivity index (χ4v) is 4.60. The third kappa shape index (κ3) is 3.68. The largest absolute Gasteiger partial charge is 0.465 e. The Labute approximate surface area is 164 Å². The van der Waals surface area contributed by atoms with E-state index in [1.54, 1.807) is 0 Å². The van der Waals surface area contributed by atoms with Crippen molar-refractivity contribution in [1.29, 1.82) is 0 Å². The Kier molecular flexibility index (Phi) is 5.34. The summed E-state index contributed by atoms with van der Waals surface area (Å²) in [6, 6.07) is 0. The second kappa shape index (κ2) is 7.06. The lowest BCUT2D eigenvalue weighted by molar-refractivity contribution is -0.125. The van der Waals surface area contributed by atoms with Gasteiger partial charge in [-0.1, -0.05) is 27.7 Å². The summed E-state index contributed by atoms with van der Waals surface area (Å²) in [7, 11) is 0. The van der Waals surface area contributed by atoms with Gasteiger partial charge in [-0.3, -0.25) is 9.59 Å². The molecule has 0 saturated carbocycles. The molecule has 0 fully saturated rings. The highest BCUT2D eigenvalue weighted by Gasteiger charge is 2.51. The standard InChI is InChI=1S/C21H30O7/c1-20(2)5-10(23)15-13(7-20)28-14-8-21(3,4)6-11(24)16(14)17(15)19(27)18(26)12(25)9-22/h12,17-19,22,25-27H,5-9H2,1-4H3/t12-,18-,19-/m1/s1. The molecule has 1 aliphatic heterocycles. The first-order chi connectivity index (χ1) is 12.9. The highest BCUT2D eigenvalue weighted by atomic mass is 16.5. The van der Waals surface area contributed by atoms with E-state index in [0.717, 1.165) is 0 Å². The van der Waals surface area contributed by atoms with E-state index in [9.17, 15) is 24.9 Å². The summed E-state index contributed by atoms with van der Waals surface area (Å²) in [5.74, 6) is -0.669. The number of Topliss-reactive ketones (excluding diaryl/α,β-unsaturated/α-hetero) is 2. The van der Waals surface area contributed by atoms with E-state index in [1.165, 1.54) is 0 Å². The van der Waals surface area contributed by atoms with Crippen molar-refractivity contribution in [2.45, 2.75) is 71.7 Å². The molecule has 2 aliphatic carbocycles. The normalized spacial score (nSPS) is 27.7. The van der Waals surface area contributed by atoms with E-state index >= 15 is 0 Å². The number of hydrogen-bond acceptors (Lipinski definition) is 7. The van der Waals surface area contributed by atoms with E-state index in [4.69, 9.17) is 9.84 Å². The first-order valence-electron chi connectivity index (χ1n) is 9.72. The van der Waals surface area contributed by atoms with Crippen LogP contribution in [-0.2, 0) is 14.3 Å². The van der Waals surface area contributed by atoms with Crippen LogP contribution in [0, 0.1) is 16.7 Å². The maximum Gasteiger partial charge on any atom is 0.163 e. The number of allylic oxidation sites excluding steroid dienone is 2. The Morgan fingerprint density at radius 2 is 1.32 bits per heavy atom. The third-order valence-electron chi connectivity index (χ3n) is 5.90. The van der Waals surface area contributed by atoms with E-state index in [1.807, 2.05) is 27.7 Å². The first-order valence-corrected chi connectivity index (χ1v) is 9.72. The molecule has 156 valence electrons. The van der Waals surface area contributed by atoms with Crippen molar-refractivity contribution in [3.05, 3.63) is 22.7 Å². The predicted octanol–water partition coefficient (Wildman–Crippen LogP) is 0.994. The fourth-order valence-electron chi connectivity index (χ4n) is 4.60. The Bertz CT molecular complexity index is 707. The number of aliphatic hydroxyl groups excluding tert-OH is 4. The van der Waals surface area contributed by atoms with Crippen molar-refractivity contribution in [2.75, 3.05) is 6.61 Å². The van der Waals surface area contributed by atoms with Gasteiger partial charge in [0.05, 0.1) is 18.6 Å². The van der Waals surface area contributed by atoms with Gasteiger partial charge in [0.25, 0.3) is 0 Å². The molecule has 0 unspecified atom stereocenters. The van der Waals surface area contributed by atoms with Crippen LogP contribution in [0.1, 0.15) is 53.4 Å². The molecule has 0 amide bonds. The van der Waals surface area contributed by atoms with Gasteiger partial charge in [-0.25, -0.2) is 0 Å². The van der Waals surface area contributed by atoms with Crippen LogP contribution in [-0.4, -0.2) is 56.9 Å². The lowest BCUT2D eigenvalue weighted by atomic mass is 9.65. The molecule has 0 saturated heterocycles.